The van der Waals surface area contributed by atoms with E-state index in [0.717, 1.165) is 13.1 Å². The van der Waals surface area contributed by atoms with Crippen molar-refractivity contribution in [2.45, 2.75) is 20.4 Å². The van der Waals surface area contributed by atoms with E-state index in [2.05, 4.69) is 48.8 Å². The molecule has 14 heavy (non-hydrogen) atoms. The summed E-state index contributed by atoms with van der Waals surface area (Å²) in [5, 5.41) is 5.46. The number of nitrogens with one attached hydrogen (secondary N) is 1. The van der Waals surface area contributed by atoms with Gasteiger partial charge in [0.1, 0.15) is 0 Å². The fourth-order valence-corrected chi connectivity index (χ4v) is 1.76. The van der Waals surface area contributed by atoms with E-state index >= 15 is 0 Å². The first-order valence-corrected chi connectivity index (χ1v) is 5.74. The standard InChI is InChI=1S/C11H18N2S/c1-4-13(3)6-5-12-8-11-7-10(2)14-9-11/h5-7,9,12H,4,8H2,1-3H3/b6-5-. The van der Waals surface area contributed by atoms with Crippen LogP contribution in [-0.4, -0.2) is 18.5 Å². The van der Waals surface area contributed by atoms with E-state index in [1.54, 1.807) is 11.3 Å². The molecular formula is C11H18N2S. The summed E-state index contributed by atoms with van der Waals surface area (Å²) in [6.45, 7) is 6.22. The van der Waals surface area contributed by atoms with Crippen LogP contribution >= 0.6 is 11.3 Å². The zero-order valence-corrected chi connectivity index (χ0v) is 9.90. The number of rotatable bonds is 5. The summed E-state index contributed by atoms with van der Waals surface area (Å²) in [7, 11) is 2.06. The minimum absolute atomic E-state index is 0.915. The van der Waals surface area contributed by atoms with Gasteiger partial charge in [0.15, 0.2) is 0 Å². The molecule has 0 saturated carbocycles. The quantitative estimate of drug-likeness (QED) is 0.803. The Balaban J connectivity index is 2.25. The molecule has 1 rings (SSSR count). The van der Waals surface area contributed by atoms with Crippen molar-refractivity contribution in [2.24, 2.45) is 0 Å². The molecule has 0 aliphatic heterocycles. The third kappa shape index (κ3) is 3.83. The summed E-state index contributed by atoms with van der Waals surface area (Å²) in [4.78, 5) is 3.50. The number of aryl methyl sites for hydroxylation is 1. The average molecular weight is 210 g/mol. The van der Waals surface area contributed by atoms with Crippen molar-refractivity contribution in [3.05, 3.63) is 34.3 Å². The van der Waals surface area contributed by atoms with Crippen molar-refractivity contribution in [1.82, 2.24) is 10.2 Å². The highest BCUT2D eigenvalue weighted by molar-refractivity contribution is 7.10. The molecule has 78 valence electrons. The van der Waals surface area contributed by atoms with Gasteiger partial charge in [0.25, 0.3) is 0 Å². The van der Waals surface area contributed by atoms with E-state index in [0.29, 0.717) is 0 Å². The highest BCUT2D eigenvalue weighted by atomic mass is 32.1. The van der Waals surface area contributed by atoms with Crippen molar-refractivity contribution in [3.63, 3.8) is 0 Å². The van der Waals surface area contributed by atoms with Crippen LogP contribution in [0, 0.1) is 6.92 Å². The summed E-state index contributed by atoms with van der Waals surface area (Å²) < 4.78 is 0. The molecule has 3 heteroatoms. The molecule has 0 saturated heterocycles. The zero-order valence-electron chi connectivity index (χ0n) is 9.08. The second-order valence-electron chi connectivity index (χ2n) is 3.34. The van der Waals surface area contributed by atoms with E-state index in [1.165, 1.54) is 10.4 Å². The third-order valence-electron chi connectivity index (χ3n) is 2.04. The van der Waals surface area contributed by atoms with E-state index < -0.39 is 0 Å². The van der Waals surface area contributed by atoms with Crippen LogP contribution < -0.4 is 5.32 Å². The Morgan fingerprint density at radius 1 is 1.57 bits per heavy atom. The van der Waals surface area contributed by atoms with Crippen LogP contribution in [0.5, 0.6) is 0 Å². The molecule has 0 aromatic carbocycles. The van der Waals surface area contributed by atoms with Gasteiger partial charge in [0, 0.05) is 37.4 Å². The van der Waals surface area contributed by atoms with Gasteiger partial charge in [-0.05, 0) is 30.9 Å². The molecule has 0 amide bonds. The molecule has 0 unspecified atom stereocenters. The molecule has 2 nitrogen and oxygen atoms in total. The Morgan fingerprint density at radius 3 is 2.93 bits per heavy atom. The lowest BCUT2D eigenvalue weighted by Gasteiger charge is -2.09. The van der Waals surface area contributed by atoms with Crippen LogP contribution in [-0.2, 0) is 6.54 Å². The smallest absolute Gasteiger partial charge is 0.0404 e. The SMILES string of the molecule is CCN(C)/C=C\NCc1csc(C)c1. The monoisotopic (exact) mass is 210 g/mol. The van der Waals surface area contributed by atoms with Crippen molar-refractivity contribution in [2.75, 3.05) is 13.6 Å². The minimum Gasteiger partial charge on any atom is -0.386 e. The average Bonchev–Trinajstić information content (AvgIpc) is 2.58. The largest absolute Gasteiger partial charge is 0.386 e. The lowest BCUT2D eigenvalue weighted by Crippen LogP contribution is -2.11. The summed E-state index contributed by atoms with van der Waals surface area (Å²) in [5.41, 5.74) is 1.36. The predicted molar refractivity (Wildman–Crippen MR) is 63.3 cm³/mol. The Hall–Kier alpha value is -0.960. The summed E-state index contributed by atoms with van der Waals surface area (Å²) in [6, 6.07) is 2.22. The first-order chi connectivity index (χ1) is 6.72. The van der Waals surface area contributed by atoms with Crippen LogP contribution in [0.25, 0.3) is 0 Å². The fourth-order valence-electron chi connectivity index (χ4n) is 1.05. The second-order valence-corrected chi connectivity index (χ2v) is 4.45. The minimum atomic E-state index is 0.915. The molecule has 0 spiro atoms. The molecule has 1 heterocycles. The van der Waals surface area contributed by atoms with Gasteiger partial charge in [-0.15, -0.1) is 11.3 Å². The van der Waals surface area contributed by atoms with Crippen LogP contribution in [0.4, 0.5) is 0 Å². The predicted octanol–water partition coefficient (Wildman–Crippen LogP) is 2.57. The van der Waals surface area contributed by atoms with E-state index in [-0.39, 0.29) is 0 Å². The van der Waals surface area contributed by atoms with E-state index in [1.807, 2.05) is 6.20 Å². The van der Waals surface area contributed by atoms with E-state index in [4.69, 9.17) is 0 Å². The maximum atomic E-state index is 3.26. The number of nitrogens with zero attached hydrogens (tertiary/aromatic N) is 1. The van der Waals surface area contributed by atoms with E-state index in [9.17, 15) is 0 Å². The fraction of sp³-hybridized carbons (Fsp3) is 0.455. The van der Waals surface area contributed by atoms with Crippen LogP contribution in [0.1, 0.15) is 17.4 Å². The number of hydrogen-bond donors (Lipinski definition) is 1. The van der Waals surface area contributed by atoms with Crippen molar-refractivity contribution >= 4 is 11.3 Å². The van der Waals surface area contributed by atoms with Crippen LogP contribution in [0.15, 0.2) is 23.8 Å². The van der Waals surface area contributed by atoms with Gasteiger partial charge in [0.05, 0.1) is 0 Å². The van der Waals surface area contributed by atoms with Crippen LogP contribution in [0.2, 0.25) is 0 Å². The van der Waals surface area contributed by atoms with Gasteiger partial charge < -0.3 is 10.2 Å². The van der Waals surface area contributed by atoms with Crippen molar-refractivity contribution < 1.29 is 0 Å². The Labute approximate surface area is 90.2 Å². The highest BCUT2D eigenvalue weighted by Crippen LogP contribution is 2.12. The summed E-state index contributed by atoms with van der Waals surface area (Å²) >= 11 is 1.80. The van der Waals surface area contributed by atoms with Gasteiger partial charge >= 0.3 is 0 Å². The second kappa shape index (κ2) is 5.70. The first kappa shape index (κ1) is 11.1. The molecular weight excluding hydrogens is 192 g/mol. The molecule has 1 N–H and O–H groups in total. The third-order valence-corrected chi connectivity index (χ3v) is 2.95. The summed E-state index contributed by atoms with van der Waals surface area (Å²) in [6.07, 6.45) is 4.05. The summed E-state index contributed by atoms with van der Waals surface area (Å²) in [5.74, 6) is 0. The highest BCUT2D eigenvalue weighted by Gasteiger charge is 1.93. The van der Waals surface area contributed by atoms with Gasteiger partial charge in [-0.25, -0.2) is 0 Å². The Bertz CT molecular complexity index is 291. The maximum Gasteiger partial charge on any atom is 0.0404 e. The van der Waals surface area contributed by atoms with Crippen molar-refractivity contribution in [1.29, 1.82) is 0 Å². The molecule has 1 aromatic rings. The first-order valence-electron chi connectivity index (χ1n) is 4.86. The molecule has 1 aromatic heterocycles. The number of thiophene rings is 1. The Morgan fingerprint density at radius 2 is 2.36 bits per heavy atom. The lowest BCUT2D eigenvalue weighted by atomic mass is 10.3. The van der Waals surface area contributed by atoms with Crippen LogP contribution in [0.3, 0.4) is 0 Å². The molecule has 0 radical (unpaired) electrons. The lowest BCUT2D eigenvalue weighted by molar-refractivity contribution is 0.480. The molecule has 0 aliphatic carbocycles. The molecule has 0 atom stereocenters. The van der Waals surface area contributed by atoms with Gasteiger partial charge in [-0.2, -0.15) is 0 Å². The van der Waals surface area contributed by atoms with Gasteiger partial charge in [-0.1, -0.05) is 0 Å². The molecule has 0 bridgehead atoms. The molecule has 0 aliphatic rings. The normalized spacial score (nSPS) is 10.8. The Kier molecular flexibility index (Phi) is 4.53. The number of hydrogen-bond acceptors (Lipinski definition) is 3. The van der Waals surface area contributed by atoms with Crippen molar-refractivity contribution in [3.8, 4) is 0 Å². The topological polar surface area (TPSA) is 15.3 Å². The maximum absolute atomic E-state index is 3.26. The molecule has 0 fully saturated rings. The van der Waals surface area contributed by atoms with Gasteiger partial charge in [0.2, 0.25) is 0 Å². The zero-order chi connectivity index (χ0) is 10.4. The van der Waals surface area contributed by atoms with Gasteiger partial charge in [-0.3, -0.25) is 0 Å².